The number of cyclic esters (lactones) is 2. The molecular formula is C20H26N2O6. The molecule has 1 aliphatic rings. The van der Waals surface area contributed by atoms with Crippen LogP contribution in [0.15, 0.2) is 36.0 Å². The molecule has 0 saturated carbocycles. The van der Waals surface area contributed by atoms with Crippen LogP contribution < -0.4 is 10.6 Å². The number of alkyl carbamates (subject to hydrolysis) is 1. The third kappa shape index (κ3) is 6.00. The maximum atomic E-state index is 12.0. The predicted molar refractivity (Wildman–Crippen MR) is 102 cm³/mol. The highest BCUT2D eigenvalue weighted by Gasteiger charge is 2.38. The molecule has 28 heavy (non-hydrogen) atoms. The topological polar surface area (TPSA) is 103 Å². The SMILES string of the molecule is CC(NC(=O)OC(C)(C)C)c1cccc(NC=C2C(=O)OC(C)(C)OC2=O)c1. The van der Waals surface area contributed by atoms with Gasteiger partial charge in [0.05, 0.1) is 6.04 Å². The molecule has 152 valence electrons. The zero-order valence-corrected chi connectivity index (χ0v) is 16.9. The van der Waals surface area contributed by atoms with Gasteiger partial charge in [0.25, 0.3) is 5.79 Å². The minimum absolute atomic E-state index is 0.232. The lowest BCUT2D eigenvalue weighted by molar-refractivity contribution is -0.222. The second-order valence-corrected chi connectivity index (χ2v) is 7.87. The second kappa shape index (κ2) is 7.92. The molecule has 8 nitrogen and oxygen atoms in total. The quantitative estimate of drug-likeness (QED) is 0.461. The number of benzene rings is 1. The van der Waals surface area contributed by atoms with Crippen LogP contribution in [-0.4, -0.2) is 29.4 Å². The summed E-state index contributed by atoms with van der Waals surface area (Å²) in [7, 11) is 0. The summed E-state index contributed by atoms with van der Waals surface area (Å²) in [6.45, 7) is 10.2. The van der Waals surface area contributed by atoms with Gasteiger partial charge < -0.3 is 24.8 Å². The van der Waals surface area contributed by atoms with Crippen molar-refractivity contribution in [3.05, 3.63) is 41.6 Å². The molecule has 2 N–H and O–H groups in total. The Hall–Kier alpha value is -3.03. The van der Waals surface area contributed by atoms with Crippen molar-refractivity contribution in [3.8, 4) is 0 Å². The molecule has 0 radical (unpaired) electrons. The van der Waals surface area contributed by atoms with Crippen molar-refractivity contribution in [3.63, 3.8) is 0 Å². The third-order valence-corrected chi connectivity index (χ3v) is 3.62. The molecule has 0 spiro atoms. The van der Waals surface area contributed by atoms with Gasteiger partial charge >= 0.3 is 18.0 Å². The van der Waals surface area contributed by atoms with Crippen LogP contribution in [0.25, 0.3) is 0 Å². The first-order valence-corrected chi connectivity index (χ1v) is 8.89. The summed E-state index contributed by atoms with van der Waals surface area (Å²) >= 11 is 0. The van der Waals surface area contributed by atoms with Crippen LogP contribution in [0.1, 0.15) is 53.1 Å². The van der Waals surface area contributed by atoms with E-state index < -0.39 is 29.4 Å². The molecule has 0 aromatic heterocycles. The number of amides is 1. The number of anilines is 1. The summed E-state index contributed by atoms with van der Waals surface area (Å²) in [5.41, 5.74) is 0.610. The highest BCUT2D eigenvalue weighted by Crippen LogP contribution is 2.23. The minimum Gasteiger partial charge on any atom is -0.444 e. The number of ether oxygens (including phenoxy) is 3. The molecule has 1 heterocycles. The molecule has 2 rings (SSSR count). The lowest BCUT2D eigenvalue weighted by atomic mass is 10.1. The fourth-order valence-electron chi connectivity index (χ4n) is 2.40. The molecular weight excluding hydrogens is 364 g/mol. The summed E-state index contributed by atoms with van der Waals surface area (Å²) < 4.78 is 15.3. The Labute approximate surface area is 164 Å². The monoisotopic (exact) mass is 390 g/mol. The fourth-order valence-corrected chi connectivity index (χ4v) is 2.40. The van der Waals surface area contributed by atoms with E-state index in [1.807, 2.05) is 13.0 Å². The van der Waals surface area contributed by atoms with Crippen LogP contribution in [0.3, 0.4) is 0 Å². The molecule has 1 aromatic carbocycles. The Balaban J connectivity index is 2.06. The van der Waals surface area contributed by atoms with E-state index in [2.05, 4.69) is 10.6 Å². The van der Waals surface area contributed by atoms with Crippen LogP contribution in [0.2, 0.25) is 0 Å². The number of hydrogen-bond donors (Lipinski definition) is 2. The molecule has 1 fully saturated rings. The molecule has 1 aliphatic heterocycles. The number of nitrogens with one attached hydrogen (secondary N) is 2. The fraction of sp³-hybridized carbons (Fsp3) is 0.450. The van der Waals surface area contributed by atoms with Crippen molar-refractivity contribution in [2.24, 2.45) is 0 Å². The van der Waals surface area contributed by atoms with E-state index in [1.54, 1.807) is 39.0 Å². The number of hydrogen-bond acceptors (Lipinski definition) is 7. The Kier molecular flexibility index (Phi) is 6.01. The van der Waals surface area contributed by atoms with Gasteiger partial charge in [-0.05, 0) is 45.4 Å². The summed E-state index contributed by atoms with van der Waals surface area (Å²) in [6, 6.07) is 6.85. The van der Waals surface area contributed by atoms with Crippen LogP contribution >= 0.6 is 0 Å². The molecule has 0 bridgehead atoms. The summed E-state index contributed by atoms with van der Waals surface area (Å²) in [5, 5.41) is 5.64. The highest BCUT2D eigenvalue weighted by atomic mass is 16.7. The highest BCUT2D eigenvalue weighted by molar-refractivity contribution is 6.15. The van der Waals surface area contributed by atoms with Gasteiger partial charge in [-0.15, -0.1) is 0 Å². The minimum atomic E-state index is -1.28. The predicted octanol–water partition coefficient (Wildman–Crippen LogP) is 3.40. The third-order valence-electron chi connectivity index (χ3n) is 3.62. The van der Waals surface area contributed by atoms with Crippen molar-refractivity contribution in [2.75, 3.05) is 5.32 Å². The van der Waals surface area contributed by atoms with Gasteiger partial charge in [0, 0.05) is 25.7 Å². The maximum Gasteiger partial charge on any atom is 0.408 e. The summed E-state index contributed by atoms with van der Waals surface area (Å²) in [5.74, 6) is -2.80. The number of carbonyl (C=O) groups is 3. The van der Waals surface area contributed by atoms with Crippen LogP contribution in [0.4, 0.5) is 10.5 Å². The average molecular weight is 390 g/mol. The maximum absolute atomic E-state index is 12.0. The Bertz CT molecular complexity index is 785. The normalized spacial score (nSPS) is 17.1. The van der Waals surface area contributed by atoms with Gasteiger partial charge in [-0.3, -0.25) is 0 Å². The molecule has 1 amide bonds. The summed E-state index contributed by atoms with van der Waals surface area (Å²) in [6.07, 6.45) is 0.723. The Morgan fingerprint density at radius 2 is 1.79 bits per heavy atom. The molecule has 1 aromatic rings. The number of esters is 2. The van der Waals surface area contributed by atoms with E-state index >= 15 is 0 Å². The smallest absolute Gasteiger partial charge is 0.408 e. The van der Waals surface area contributed by atoms with Crippen molar-refractivity contribution >= 4 is 23.7 Å². The van der Waals surface area contributed by atoms with Gasteiger partial charge in [-0.25, -0.2) is 14.4 Å². The first-order chi connectivity index (χ1) is 12.9. The summed E-state index contributed by atoms with van der Waals surface area (Å²) in [4.78, 5) is 35.8. The van der Waals surface area contributed by atoms with E-state index in [1.165, 1.54) is 20.0 Å². The molecule has 1 unspecified atom stereocenters. The lowest BCUT2D eigenvalue weighted by Crippen LogP contribution is -2.42. The first-order valence-electron chi connectivity index (χ1n) is 8.89. The van der Waals surface area contributed by atoms with Gasteiger partial charge in [-0.2, -0.15) is 0 Å². The standard InChI is InChI=1S/C20H26N2O6/c1-12(22-18(25)28-19(2,3)4)13-8-7-9-14(10-13)21-11-15-16(23)26-20(5,6)27-17(15)24/h7-12,21H,1-6H3,(H,22,25). The van der Waals surface area contributed by atoms with Crippen LogP contribution in [-0.2, 0) is 23.8 Å². The van der Waals surface area contributed by atoms with E-state index in [0.717, 1.165) is 5.56 Å². The molecule has 0 aliphatic carbocycles. The van der Waals surface area contributed by atoms with Gasteiger partial charge in [0.1, 0.15) is 5.60 Å². The largest absolute Gasteiger partial charge is 0.444 e. The molecule has 1 atom stereocenters. The van der Waals surface area contributed by atoms with E-state index in [9.17, 15) is 14.4 Å². The van der Waals surface area contributed by atoms with Crippen molar-refractivity contribution in [1.29, 1.82) is 0 Å². The van der Waals surface area contributed by atoms with Crippen molar-refractivity contribution < 1.29 is 28.6 Å². The number of carbonyl (C=O) groups excluding carboxylic acids is 3. The van der Waals surface area contributed by atoms with Crippen LogP contribution in [0.5, 0.6) is 0 Å². The molecule has 8 heteroatoms. The lowest BCUT2D eigenvalue weighted by Gasteiger charge is -2.29. The zero-order chi connectivity index (χ0) is 21.1. The number of rotatable bonds is 4. The van der Waals surface area contributed by atoms with E-state index in [-0.39, 0.29) is 11.6 Å². The zero-order valence-electron chi connectivity index (χ0n) is 16.9. The van der Waals surface area contributed by atoms with E-state index in [0.29, 0.717) is 5.69 Å². The first kappa shape index (κ1) is 21.3. The van der Waals surface area contributed by atoms with E-state index in [4.69, 9.17) is 14.2 Å². The van der Waals surface area contributed by atoms with Crippen molar-refractivity contribution in [1.82, 2.24) is 5.32 Å². The Morgan fingerprint density at radius 3 is 2.36 bits per heavy atom. The van der Waals surface area contributed by atoms with Gasteiger partial charge in [-0.1, -0.05) is 12.1 Å². The Morgan fingerprint density at radius 1 is 1.18 bits per heavy atom. The van der Waals surface area contributed by atoms with Crippen molar-refractivity contribution in [2.45, 2.75) is 59.0 Å². The molecule has 1 saturated heterocycles. The second-order valence-electron chi connectivity index (χ2n) is 7.87. The van der Waals surface area contributed by atoms with Gasteiger partial charge in [0.2, 0.25) is 0 Å². The van der Waals surface area contributed by atoms with Crippen LogP contribution in [0, 0.1) is 0 Å². The average Bonchev–Trinajstić information content (AvgIpc) is 2.51. The van der Waals surface area contributed by atoms with Gasteiger partial charge in [0.15, 0.2) is 5.57 Å².